The maximum Gasteiger partial charge on any atom is 0.113 e. The molecule has 0 amide bonds. The van der Waals surface area contributed by atoms with Crippen LogP contribution in [0.15, 0.2) is 16.9 Å². The van der Waals surface area contributed by atoms with Crippen molar-refractivity contribution in [1.29, 1.82) is 0 Å². The number of anilines is 1. The number of aromatic nitrogens is 1. The Morgan fingerprint density at radius 3 is 3.18 bits per heavy atom. The molecule has 1 aromatic rings. The summed E-state index contributed by atoms with van der Waals surface area (Å²) in [4.78, 5) is 6.53. The summed E-state index contributed by atoms with van der Waals surface area (Å²) in [6.45, 7) is 3.30. The Balaban J connectivity index is 1.88. The molecule has 4 nitrogen and oxygen atoms in total. The Morgan fingerprint density at radius 2 is 2.41 bits per heavy atom. The minimum Gasteiger partial charge on any atom is -0.391 e. The van der Waals surface area contributed by atoms with E-state index in [1.807, 2.05) is 6.07 Å². The molecule has 0 saturated carbocycles. The number of fused-ring (bicyclic) bond motifs is 1. The van der Waals surface area contributed by atoms with Crippen LogP contribution >= 0.6 is 15.9 Å². The van der Waals surface area contributed by atoms with Gasteiger partial charge >= 0.3 is 0 Å². The third kappa shape index (κ3) is 1.96. The largest absolute Gasteiger partial charge is 0.391 e. The van der Waals surface area contributed by atoms with Crippen LogP contribution in [-0.2, 0) is 6.61 Å². The number of nitrogens with zero attached hydrogens (tertiary/aromatic N) is 2. The maximum atomic E-state index is 9.45. The summed E-state index contributed by atoms with van der Waals surface area (Å²) in [6, 6.07) is 2.62. The van der Waals surface area contributed by atoms with Gasteiger partial charge in [0.15, 0.2) is 0 Å². The molecule has 0 spiro atoms. The third-order valence-electron chi connectivity index (χ3n) is 3.84. The summed E-state index contributed by atoms with van der Waals surface area (Å²) in [5.41, 5.74) is 2.01. The molecule has 2 N–H and O–H groups in total. The van der Waals surface area contributed by atoms with Crippen molar-refractivity contribution < 1.29 is 5.11 Å². The highest BCUT2D eigenvalue weighted by molar-refractivity contribution is 9.10. The van der Waals surface area contributed by atoms with Crippen molar-refractivity contribution in [3.8, 4) is 0 Å². The second-order valence-electron chi connectivity index (χ2n) is 4.77. The van der Waals surface area contributed by atoms with Crippen molar-refractivity contribution in [3.05, 3.63) is 22.4 Å². The van der Waals surface area contributed by atoms with E-state index in [0.29, 0.717) is 6.04 Å². The second kappa shape index (κ2) is 4.55. The lowest BCUT2D eigenvalue weighted by molar-refractivity contribution is 0.280. The van der Waals surface area contributed by atoms with Crippen molar-refractivity contribution in [1.82, 2.24) is 10.3 Å². The average molecular weight is 298 g/mol. The molecule has 2 fully saturated rings. The summed E-state index contributed by atoms with van der Waals surface area (Å²) in [5, 5.41) is 13.0. The first kappa shape index (κ1) is 11.4. The topological polar surface area (TPSA) is 48.4 Å². The van der Waals surface area contributed by atoms with Gasteiger partial charge in [0, 0.05) is 36.6 Å². The average Bonchev–Trinajstić information content (AvgIpc) is 2.88. The van der Waals surface area contributed by atoms with Crippen molar-refractivity contribution in [2.45, 2.75) is 19.1 Å². The molecule has 92 valence electrons. The second-order valence-corrected chi connectivity index (χ2v) is 5.52. The summed E-state index contributed by atoms with van der Waals surface area (Å²) in [7, 11) is 0. The minimum atomic E-state index is 0.0308. The van der Waals surface area contributed by atoms with Gasteiger partial charge in [0.2, 0.25) is 0 Å². The molecule has 0 aliphatic carbocycles. The van der Waals surface area contributed by atoms with Crippen LogP contribution in [0.4, 0.5) is 5.69 Å². The summed E-state index contributed by atoms with van der Waals surface area (Å²) in [6.07, 6.45) is 3.06. The number of hydrogen-bond acceptors (Lipinski definition) is 4. The van der Waals surface area contributed by atoms with E-state index in [4.69, 9.17) is 0 Å². The van der Waals surface area contributed by atoms with Crippen molar-refractivity contribution in [2.24, 2.45) is 5.92 Å². The van der Waals surface area contributed by atoms with E-state index in [1.54, 1.807) is 6.20 Å². The van der Waals surface area contributed by atoms with Crippen LogP contribution in [0.25, 0.3) is 0 Å². The maximum absolute atomic E-state index is 9.45. The van der Waals surface area contributed by atoms with Gasteiger partial charge in [0.05, 0.1) is 6.61 Å². The Labute approximate surface area is 109 Å². The van der Waals surface area contributed by atoms with Gasteiger partial charge in [-0.3, -0.25) is 0 Å². The first-order chi connectivity index (χ1) is 8.29. The number of rotatable bonds is 2. The molecule has 2 saturated heterocycles. The summed E-state index contributed by atoms with van der Waals surface area (Å²) in [5.74, 6) is 0.758. The first-order valence-corrected chi connectivity index (χ1v) is 6.81. The molecule has 3 heterocycles. The lowest BCUT2D eigenvalue weighted by Crippen LogP contribution is -2.30. The van der Waals surface area contributed by atoms with E-state index in [0.717, 1.165) is 41.4 Å². The van der Waals surface area contributed by atoms with Crippen LogP contribution in [0.1, 0.15) is 12.0 Å². The van der Waals surface area contributed by atoms with E-state index in [2.05, 4.69) is 31.1 Å². The molecule has 17 heavy (non-hydrogen) atoms. The van der Waals surface area contributed by atoms with Crippen molar-refractivity contribution >= 4 is 21.6 Å². The zero-order chi connectivity index (χ0) is 11.8. The van der Waals surface area contributed by atoms with E-state index in [-0.39, 0.29) is 6.61 Å². The van der Waals surface area contributed by atoms with E-state index < -0.39 is 0 Å². The van der Waals surface area contributed by atoms with Gasteiger partial charge in [0.25, 0.3) is 0 Å². The van der Waals surface area contributed by atoms with Crippen LogP contribution in [0.3, 0.4) is 0 Å². The van der Waals surface area contributed by atoms with Crippen LogP contribution < -0.4 is 10.2 Å². The standard InChI is InChI=1S/C12H16BrN3O/c13-12-9(7-17)11(2-4-15-12)16-5-8-1-3-14-10(8)6-16/h2,4,8,10,14,17H,1,3,5-7H2/t8-,10+/m1/s1. The summed E-state index contributed by atoms with van der Waals surface area (Å²) < 4.78 is 0.752. The molecule has 0 bridgehead atoms. The number of aliphatic hydroxyl groups excluding tert-OH is 1. The number of nitrogens with one attached hydrogen (secondary N) is 1. The zero-order valence-electron chi connectivity index (χ0n) is 9.56. The quantitative estimate of drug-likeness (QED) is 0.804. The van der Waals surface area contributed by atoms with Gasteiger partial charge in [-0.15, -0.1) is 0 Å². The van der Waals surface area contributed by atoms with Gasteiger partial charge in [-0.2, -0.15) is 0 Å². The van der Waals surface area contributed by atoms with E-state index in [9.17, 15) is 5.11 Å². The van der Waals surface area contributed by atoms with Crippen molar-refractivity contribution in [3.63, 3.8) is 0 Å². The highest BCUT2D eigenvalue weighted by Crippen LogP contribution is 2.33. The number of hydrogen-bond donors (Lipinski definition) is 2. The lowest BCUT2D eigenvalue weighted by Gasteiger charge is -2.22. The molecular formula is C12H16BrN3O. The first-order valence-electron chi connectivity index (χ1n) is 6.02. The van der Waals surface area contributed by atoms with Crippen LogP contribution in [0.2, 0.25) is 0 Å². The molecule has 2 aliphatic rings. The molecule has 0 aromatic carbocycles. The molecule has 0 unspecified atom stereocenters. The van der Waals surface area contributed by atoms with Gasteiger partial charge < -0.3 is 15.3 Å². The molecule has 5 heteroatoms. The minimum absolute atomic E-state index is 0.0308. The zero-order valence-corrected chi connectivity index (χ0v) is 11.2. The molecule has 1 aromatic heterocycles. The highest BCUT2D eigenvalue weighted by Gasteiger charge is 2.36. The molecule has 2 atom stereocenters. The fourth-order valence-corrected chi connectivity index (χ4v) is 3.39. The van der Waals surface area contributed by atoms with Gasteiger partial charge in [-0.05, 0) is 40.9 Å². The monoisotopic (exact) mass is 297 g/mol. The van der Waals surface area contributed by atoms with Crippen LogP contribution in [0, 0.1) is 5.92 Å². The predicted octanol–water partition coefficient (Wildman–Crippen LogP) is 1.13. The highest BCUT2D eigenvalue weighted by atomic mass is 79.9. The molecule has 3 rings (SSSR count). The van der Waals surface area contributed by atoms with E-state index >= 15 is 0 Å². The predicted molar refractivity (Wildman–Crippen MR) is 70.0 cm³/mol. The molecular weight excluding hydrogens is 282 g/mol. The Hall–Kier alpha value is -0.650. The third-order valence-corrected chi connectivity index (χ3v) is 4.52. The molecule has 2 aliphatic heterocycles. The fraction of sp³-hybridized carbons (Fsp3) is 0.583. The Bertz CT molecular complexity index is 414. The number of aliphatic hydroxyl groups is 1. The normalized spacial score (nSPS) is 27.5. The fourth-order valence-electron chi connectivity index (χ4n) is 2.95. The van der Waals surface area contributed by atoms with Gasteiger partial charge in [0.1, 0.15) is 4.60 Å². The van der Waals surface area contributed by atoms with E-state index in [1.165, 1.54) is 6.42 Å². The lowest BCUT2D eigenvalue weighted by atomic mass is 10.1. The van der Waals surface area contributed by atoms with Crippen LogP contribution in [-0.4, -0.2) is 35.8 Å². The Morgan fingerprint density at radius 1 is 1.53 bits per heavy atom. The van der Waals surface area contributed by atoms with Crippen molar-refractivity contribution in [2.75, 3.05) is 24.5 Å². The Kier molecular flexibility index (Phi) is 3.06. The molecule has 0 radical (unpaired) electrons. The smallest absolute Gasteiger partial charge is 0.113 e. The van der Waals surface area contributed by atoms with Gasteiger partial charge in [-0.1, -0.05) is 0 Å². The summed E-state index contributed by atoms with van der Waals surface area (Å²) >= 11 is 3.40. The van der Waals surface area contributed by atoms with Crippen LogP contribution in [0.5, 0.6) is 0 Å². The van der Waals surface area contributed by atoms with Gasteiger partial charge in [-0.25, -0.2) is 4.98 Å². The number of pyridine rings is 1. The SMILES string of the molecule is OCc1c(N2C[C@H]3CCN[C@H]3C2)ccnc1Br. The number of halogens is 1.